The van der Waals surface area contributed by atoms with Crippen molar-refractivity contribution in [2.75, 3.05) is 4.90 Å². The molecule has 1 aliphatic carbocycles. The van der Waals surface area contributed by atoms with Gasteiger partial charge in [-0.3, -0.25) is 0 Å². The van der Waals surface area contributed by atoms with Gasteiger partial charge in [-0.1, -0.05) is 121 Å². The first kappa shape index (κ1) is 28.3. The maximum Gasteiger partial charge on any atom is 0.136 e. The molecular formula is C48H30N2OS. The standard InChI is InChI=1S/C48H30N2OS/c1-2-13-29(14-3-1)49-38-21-7-4-15-30(38)33-27-28-34-31-16-5-8-22-39(31)50(47(34)46(33)49)40-23-12-26-43-45(40)37-20-10-19-35(48(37)52-43)32-18-11-25-42-44(32)36-17-6-9-24-41(36)51-42/h1-28,33,46H. The van der Waals surface area contributed by atoms with Crippen molar-refractivity contribution in [2.45, 2.75) is 12.0 Å². The maximum absolute atomic E-state index is 6.34. The number of fused-ring (bicyclic) bond motifs is 13. The van der Waals surface area contributed by atoms with Gasteiger partial charge in [0.2, 0.25) is 0 Å². The number of hydrogen-bond acceptors (Lipinski definition) is 3. The Labute approximate surface area is 303 Å². The molecule has 0 radical (unpaired) electrons. The molecule has 7 aromatic carbocycles. The Morgan fingerprint density at radius 1 is 0.538 bits per heavy atom. The summed E-state index contributed by atoms with van der Waals surface area (Å²) in [5.41, 5.74) is 13.3. The zero-order chi connectivity index (χ0) is 33.9. The SMILES string of the molecule is C1=CC2c3ccccc3N(c3ccccc3)C2c2c1c1ccccc1n2-c1cccc2sc3c(-c4cccc5oc6ccccc6c45)cccc3c12. The van der Waals surface area contributed by atoms with Gasteiger partial charge in [-0.05, 0) is 59.7 Å². The number of hydrogen-bond donors (Lipinski definition) is 0. The van der Waals surface area contributed by atoms with Gasteiger partial charge in [0.15, 0.2) is 0 Å². The van der Waals surface area contributed by atoms with E-state index in [1.54, 1.807) is 0 Å². The normalized spacial score (nSPS) is 16.3. The Morgan fingerprint density at radius 2 is 1.25 bits per heavy atom. The van der Waals surface area contributed by atoms with Gasteiger partial charge in [-0.15, -0.1) is 11.3 Å². The van der Waals surface area contributed by atoms with Crippen molar-refractivity contribution >= 4 is 81.8 Å². The fourth-order valence-electron chi connectivity index (χ4n) is 9.30. The van der Waals surface area contributed by atoms with Gasteiger partial charge in [0.05, 0.1) is 22.9 Å². The fourth-order valence-corrected chi connectivity index (χ4v) is 10.5. The van der Waals surface area contributed by atoms with Crippen LogP contribution in [0.2, 0.25) is 0 Å². The number of aromatic nitrogens is 1. The lowest BCUT2D eigenvalue weighted by Crippen LogP contribution is -2.26. The summed E-state index contributed by atoms with van der Waals surface area (Å²) in [7, 11) is 0. The molecule has 0 spiro atoms. The molecule has 0 saturated carbocycles. The van der Waals surface area contributed by atoms with Crippen LogP contribution in [0.15, 0.2) is 168 Å². The van der Waals surface area contributed by atoms with E-state index in [0.29, 0.717) is 0 Å². The molecule has 4 heterocycles. The lowest BCUT2D eigenvalue weighted by Gasteiger charge is -2.33. The van der Waals surface area contributed by atoms with E-state index < -0.39 is 0 Å². The molecule has 244 valence electrons. The van der Waals surface area contributed by atoms with E-state index in [4.69, 9.17) is 4.42 Å². The Balaban J connectivity index is 1.15. The van der Waals surface area contributed by atoms with Crippen molar-refractivity contribution in [3.05, 3.63) is 181 Å². The van der Waals surface area contributed by atoms with Crippen LogP contribution < -0.4 is 4.90 Å². The molecule has 4 heteroatoms. The average Bonchev–Trinajstić information content (AvgIpc) is 3.96. The van der Waals surface area contributed by atoms with E-state index in [1.165, 1.54) is 81.5 Å². The number of furan rings is 1. The highest BCUT2D eigenvalue weighted by atomic mass is 32.1. The van der Waals surface area contributed by atoms with Crippen molar-refractivity contribution in [3.8, 4) is 16.8 Å². The molecule has 52 heavy (non-hydrogen) atoms. The molecule has 0 N–H and O–H groups in total. The second-order valence-corrected chi connectivity index (χ2v) is 15.0. The molecule has 1 aliphatic heterocycles. The van der Waals surface area contributed by atoms with Gasteiger partial charge in [-0.25, -0.2) is 0 Å². The second kappa shape index (κ2) is 10.6. The zero-order valence-electron chi connectivity index (χ0n) is 28.0. The van der Waals surface area contributed by atoms with Gasteiger partial charge < -0.3 is 13.9 Å². The van der Waals surface area contributed by atoms with Crippen molar-refractivity contribution in [1.29, 1.82) is 0 Å². The van der Waals surface area contributed by atoms with Crippen molar-refractivity contribution < 1.29 is 4.42 Å². The Morgan fingerprint density at radius 3 is 2.19 bits per heavy atom. The summed E-state index contributed by atoms with van der Waals surface area (Å²) in [6.45, 7) is 0. The van der Waals surface area contributed by atoms with Crippen molar-refractivity contribution in [1.82, 2.24) is 4.57 Å². The minimum absolute atomic E-state index is 0.0925. The van der Waals surface area contributed by atoms with E-state index in [0.717, 1.165) is 16.6 Å². The smallest absolute Gasteiger partial charge is 0.136 e. The first-order chi connectivity index (χ1) is 25.8. The molecule has 3 aromatic heterocycles. The molecule has 3 nitrogen and oxygen atoms in total. The van der Waals surface area contributed by atoms with Gasteiger partial charge in [0.1, 0.15) is 11.2 Å². The third-order valence-electron chi connectivity index (χ3n) is 11.3. The van der Waals surface area contributed by atoms with E-state index in [1.807, 2.05) is 17.4 Å². The summed E-state index contributed by atoms with van der Waals surface area (Å²) in [5.74, 6) is 0.224. The topological polar surface area (TPSA) is 21.3 Å². The van der Waals surface area contributed by atoms with Crippen LogP contribution in [0.4, 0.5) is 11.4 Å². The Kier molecular flexibility index (Phi) is 5.77. The lowest BCUT2D eigenvalue weighted by atomic mass is 9.86. The highest BCUT2D eigenvalue weighted by Crippen LogP contribution is 2.58. The molecule has 0 bridgehead atoms. The first-order valence-corrected chi connectivity index (χ1v) is 18.8. The minimum atomic E-state index is 0.0925. The summed E-state index contributed by atoms with van der Waals surface area (Å²) in [6, 6.07) is 57.5. The van der Waals surface area contributed by atoms with Crippen LogP contribution in [0.5, 0.6) is 0 Å². The van der Waals surface area contributed by atoms with E-state index in [2.05, 4.69) is 173 Å². The molecule has 2 unspecified atom stereocenters. The highest BCUT2D eigenvalue weighted by Gasteiger charge is 2.44. The van der Waals surface area contributed by atoms with Crippen LogP contribution >= 0.6 is 11.3 Å². The summed E-state index contributed by atoms with van der Waals surface area (Å²) in [4.78, 5) is 2.58. The van der Waals surface area contributed by atoms with Crippen molar-refractivity contribution in [2.24, 2.45) is 0 Å². The average molecular weight is 683 g/mol. The summed E-state index contributed by atoms with van der Waals surface area (Å²) < 4.78 is 11.5. The minimum Gasteiger partial charge on any atom is -0.456 e. The maximum atomic E-state index is 6.34. The molecule has 0 amide bonds. The summed E-state index contributed by atoms with van der Waals surface area (Å²) in [6.07, 6.45) is 4.83. The molecule has 10 aromatic rings. The predicted molar refractivity (Wildman–Crippen MR) is 218 cm³/mol. The number of anilines is 2. The molecule has 0 saturated heterocycles. The Bertz CT molecular complexity index is 3110. The van der Waals surface area contributed by atoms with E-state index in [-0.39, 0.29) is 12.0 Å². The van der Waals surface area contributed by atoms with Gasteiger partial charge in [0, 0.05) is 64.8 Å². The highest BCUT2D eigenvalue weighted by molar-refractivity contribution is 7.26. The van der Waals surface area contributed by atoms with Crippen LogP contribution in [0, 0.1) is 0 Å². The largest absolute Gasteiger partial charge is 0.456 e. The lowest BCUT2D eigenvalue weighted by molar-refractivity contribution is 0.637. The molecule has 12 rings (SSSR count). The number of thiophene rings is 1. The van der Waals surface area contributed by atoms with E-state index in [9.17, 15) is 0 Å². The molecular weight excluding hydrogens is 653 g/mol. The first-order valence-electron chi connectivity index (χ1n) is 17.9. The quantitative estimate of drug-likeness (QED) is 0.185. The number of nitrogens with zero attached hydrogens (tertiary/aromatic N) is 2. The van der Waals surface area contributed by atoms with E-state index >= 15 is 0 Å². The monoisotopic (exact) mass is 682 g/mol. The Hall–Kier alpha value is -6.36. The number of para-hydroxylation sites is 4. The van der Waals surface area contributed by atoms with Crippen LogP contribution in [0.3, 0.4) is 0 Å². The van der Waals surface area contributed by atoms with Crippen LogP contribution in [-0.4, -0.2) is 4.57 Å². The van der Waals surface area contributed by atoms with Gasteiger partial charge >= 0.3 is 0 Å². The van der Waals surface area contributed by atoms with Crippen LogP contribution in [0.1, 0.15) is 28.8 Å². The summed E-state index contributed by atoms with van der Waals surface area (Å²) in [5, 5.41) is 6.19. The van der Waals surface area contributed by atoms with Crippen LogP contribution in [0.25, 0.3) is 75.9 Å². The second-order valence-electron chi connectivity index (χ2n) is 14.0. The molecule has 0 fully saturated rings. The summed E-state index contributed by atoms with van der Waals surface area (Å²) >= 11 is 1.89. The molecule has 2 aliphatic rings. The van der Waals surface area contributed by atoms with Crippen molar-refractivity contribution in [3.63, 3.8) is 0 Å². The van der Waals surface area contributed by atoms with Gasteiger partial charge in [0.25, 0.3) is 0 Å². The van der Waals surface area contributed by atoms with Gasteiger partial charge in [-0.2, -0.15) is 0 Å². The zero-order valence-corrected chi connectivity index (χ0v) is 28.8. The third kappa shape index (κ3) is 3.74. The predicted octanol–water partition coefficient (Wildman–Crippen LogP) is 13.6. The molecule has 2 atom stereocenters. The number of benzene rings is 7. The van der Waals surface area contributed by atoms with Crippen LogP contribution in [-0.2, 0) is 0 Å². The fraction of sp³-hybridized carbons (Fsp3) is 0.0417. The third-order valence-corrected chi connectivity index (χ3v) is 12.5. The number of rotatable bonds is 3.